The standard InChI is InChI=1S/C22H32N4O/c1-2-3-4-17-5-10-21-20(15-17)22(24-16-23-21)25-18-6-8-19(9-7-18)26-11-13-27-14-12-26/h5,10,15-16,18-19H,2-4,6-9,11-14H2,1H3,(H,23,24,25)/t18-,19-. The van der Waals surface area contributed by atoms with Crippen LogP contribution in [0.1, 0.15) is 51.0 Å². The van der Waals surface area contributed by atoms with Crippen LogP contribution in [0.25, 0.3) is 10.9 Å². The molecule has 0 atom stereocenters. The Hall–Kier alpha value is -1.72. The number of benzene rings is 1. The van der Waals surface area contributed by atoms with E-state index in [0.29, 0.717) is 6.04 Å². The molecule has 1 aromatic carbocycles. The van der Waals surface area contributed by atoms with Crippen molar-refractivity contribution in [2.24, 2.45) is 0 Å². The molecule has 1 N–H and O–H groups in total. The molecule has 0 amide bonds. The van der Waals surface area contributed by atoms with Gasteiger partial charge in [0.2, 0.25) is 0 Å². The fourth-order valence-corrected chi connectivity index (χ4v) is 4.48. The average Bonchev–Trinajstić information content (AvgIpc) is 2.74. The molecule has 1 saturated carbocycles. The van der Waals surface area contributed by atoms with Crippen molar-refractivity contribution in [1.29, 1.82) is 0 Å². The Bertz CT molecular complexity index is 736. The molecule has 1 aliphatic carbocycles. The van der Waals surface area contributed by atoms with Crippen molar-refractivity contribution in [2.75, 3.05) is 31.6 Å². The van der Waals surface area contributed by atoms with Gasteiger partial charge in [0.15, 0.2) is 0 Å². The first-order chi connectivity index (χ1) is 13.3. The Balaban J connectivity index is 1.41. The van der Waals surface area contributed by atoms with E-state index in [-0.39, 0.29) is 0 Å². The number of hydrogen-bond donors (Lipinski definition) is 1. The smallest absolute Gasteiger partial charge is 0.137 e. The molecule has 0 spiro atoms. The number of ether oxygens (including phenoxy) is 1. The summed E-state index contributed by atoms with van der Waals surface area (Å²) in [4.78, 5) is 11.7. The van der Waals surface area contributed by atoms with Gasteiger partial charge in [0, 0.05) is 30.6 Å². The summed E-state index contributed by atoms with van der Waals surface area (Å²) < 4.78 is 5.50. The number of unbranched alkanes of at least 4 members (excludes halogenated alkanes) is 1. The maximum atomic E-state index is 5.50. The minimum atomic E-state index is 0.514. The molecule has 1 aliphatic heterocycles. The Labute approximate surface area is 162 Å². The van der Waals surface area contributed by atoms with Gasteiger partial charge in [-0.3, -0.25) is 4.90 Å². The van der Waals surface area contributed by atoms with Gasteiger partial charge in [-0.2, -0.15) is 0 Å². The van der Waals surface area contributed by atoms with Gasteiger partial charge in [-0.05, 0) is 56.2 Å². The number of aryl methyl sites for hydroxylation is 1. The second-order valence-corrected chi connectivity index (χ2v) is 7.98. The average molecular weight is 369 g/mol. The SMILES string of the molecule is CCCCc1ccc2ncnc(N[C@H]3CC[C@H](N4CCOCC4)CC3)c2c1. The van der Waals surface area contributed by atoms with Crippen molar-refractivity contribution < 1.29 is 4.74 Å². The zero-order valence-electron chi connectivity index (χ0n) is 16.5. The van der Waals surface area contributed by atoms with Crippen LogP contribution in [0.2, 0.25) is 0 Å². The molecular formula is C22H32N4O. The molecule has 1 aromatic heterocycles. The van der Waals surface area contributed by atoms with E-state index in [1.165, 1.54) is 49.5 Å². The Morgan fingerprint density at radius 3 is 2.70 bits per heavy atom. The van der Waals surface area contributed by atoms with Gasteiger partial charge in [0.05, 0.1) is 18.7 Å². The molecule has 146 valence electrons. The summed E-state index contributed by atoms with van der Waals surface area (Å²) >= 11 is 0. The van der Waals surface area contributed by atoms with Crippen molar-refractivity contribution >= 4 is 16.7 Å². The van der Waals surface area contributed by atoms with Crippen molar-refractivity contribution in [3.63, 3.8) is 0 Å². The fraction of sp³-hybridized carbons (Fsp3) is 0.636. The first-order valence-electron chi connectivity index (χ1n) is 10.7. The lowest BCUT2D eigenvalue weighted by Gasteiger charge is -2.39. The predicted octanol–water partition coefficient (Wildman–Crippen LogP) is 4.03. The second kappa shape index (κ2) is 8.98. The van der Waals surface area contributed by atoms with Gasteiger partial charge in [-0.1, -0.05) is 19.4 Å². The summed E-state index contributed by atoms with van der Waals surface area (Å²) in [6.45, 7) is 6.22. The summed E-state index contributed by atoms with van der Waals surface area (Å²) in [6, 6.07) is 7.88. The normalized spacial score (nSPS) is 24.2. The molecule has 2 fully saturated rings. The Morgan fingerprint density at radius 1 is 1.11 bits per heavy atom. The van der Waals surface area contributed by atoms with Crippen LogP contribution in [0.3, 0.4) is 0 Å². The molecule has 4 rings (SSSR count). The number of anilines is 1. The molecule has 0 unspecified atom stereocenters. The topological polar surface area (TPSA) is 50.3 Å². The van der Waals surface area contributed by atoms with Crippen molar-refractivity contribution in [3.05, 3.63) is 30.1 Å². The summed E-state index contributed by atoms with van der Waals surface area (Å²) in [5.41, 5.74) is 2.42. The molecule has 2 aromatic rings. The van der Waals surface area contributed by atoms with Gasteiger partial charge >= 0.3 is 0 Å². The number of aromatic nitrogens is 2. The van der Waals surface area contributed by atoms with Gasteiger partial charge in [0.1, 0.15) is 12.1 Å². The molecule has 0 radical (unpaired) electrons. The van der Waals surface area contributed by atoms with Gasteiger partial charge < -0.3 is 10.1 Å². The van der Waals surface area contributed by atoms with Crippen LogP contribution in [-0.4, -0.2) is 53.3 Å². The molecule has 2 heterocycles. The highest BCUT2D eigenvalue weighted by molar-refractivity contribution is 5.89. The van der Waals surface area contributed by atoms with Crippen LogP contribution in [-0.2, 0) is 11.2 Å². The Kier molecular flexibility index (Phi) is 6.20. The lowest BCUT2D eigenvalue weighted by atomic mass is 9.90. The molecule has 27 heavy (non-hydrogen) atoms. The number of hydrogen-bond acceptors (Lipinski definition) is 5. The second-order valence-electron chi connectivity index (χ2n) is 7.98. The van der Waals surface area contributed by atoms with E-state index in [9.17, 15) is 0 Å². The molecule has 2 aliphatic rings. The van der Waals surface area contributed by atoms with Crippen LogP contribution in [0.4, 0.5) is 5.82 Å². The van der Waals surface area contributed by atoms with Gasteiger partial charge in [-0.15, -0.1) is 0 Å². The maximum absolute atomic E-state index is 5.50. The summed E-state index contributed by atoms with van der Waals surface area (Å²) in [5, 5.41) is 4.90. The van der Waals surface area contributed by atoms with Crippen LogP contribution < -0.4 is 5.32 Å². The van der Waals surface area contributed by atoms with Crippen LogP contribution in [0.5, 0.6) is 0 Å². The van der Waals surface area contributed by atoms with E-state index in [0.717, 1.165) is 50.1 Å². The van der Waals surface area contributed by atoms with E-state index in [2.05, 4.69) is 45.3 Å². The van der Waals surface area contributed by atoms with Crippen molar-refractivity contribution in [1.82, 2.24) is 14.9 Å². The van der Waals surface area contributed by atoms with E-state index < -0.39 is 0 Å². The first-order valence-corrected chi connectivity index (χ1v) is 10.7. The number of fused-ring (bicyclic) bond motifs is 1. The highest BCUT2D eigenvalue weighted by Crippen LogP contribution is 2.28. The monoisotopic (exact) mass is 368 g/mol. The van der Waals surface area contributed by atoms with Crippen molar-refractivity contribution in [3.8, 4) is 0 Å². The zero-order chi connectivity index (χ0) is 18.5. The van der Waals surface area contributed by atoms with E-state index in [4.69, 9.17) is 4.74 Å². The van der Waals surface area contributed by atoms with Crippen molar-refractivity contribution in [2.45, 2.75) is 64.0 Å². The predicted molar refractivity (Wildman–Crippen MR) is 110 cm³/mol. The lowest BCUT2D eigenvalue weighted by molar-refractivity contribution is 0.00791. The lowest BCUT2D eigenvalue weighted by Crippen LogP contribution is -2.46. The highest BCUT2D eigenvalue weighted by Gasteiger charge is 2.27. The van der Waals surface area contributed by atoms with Gasteiger partial charge in [0.25, 0.3) is 0 Å². The number of morpholine rings is 1. The largest absolute Gasteiger partial charge is 0.379 e. The Morgan fingerprint density at radius 2 is 1.93 bits per heavy atom. The van der Waals surface area contributed by atoms with E-state index in [1.54, 1.807) is 6.33 Å². The third kappa shape index (κ3) is 4.58. The number of nitrogens with zero attached hydrogens (tertiary/aromatic N) is 3. The van der Waals surface area contributed by atoms with E-state index in [1.807, 2.05) is 0 Å². The van der Waals surface area contributed by atoms with Crippen LogP contribution >= 0.6 is 0 Å². The quantitative estimate of drug-likeness (QED) is 0.834. The summed E-state index contributed by atoms with van der Waals surface area (Å²) in [5.74, 6) is 1.01. The number of rotatable bonds is 6. The van der Waals surface area contributed by atoms with Crippen LogP contribution in [0.15, 0.2) is 24.5 Å². The minimum absolute atomic E-state index is 0.514. The fourth-order valence-electron chi connectivity index (χ4n) is 4.48. The first kappa shape index (κ1) is 18.6. The molecule has 5 nitrogen and oxygen atoms in total. The molecule has 5 heteroatoms. The summed E-state index contributed by atoms with van der Waals surface area (Å²) in [6.07, 6.45) is 10.2. The third-order valence-corrected chi connectivity index (χ3v) is 6.12. The molecule has 1 saturated heterocycles. The van der Waals surface area contributed by atoms with Gasteiger partial charge in [-0.25, -0.2) is 9.97 Å². The minimum Gasteiger partial charge on any atom is -0.379 e. The third-order valence-electron chi connectivity index (χ3n) is 6.12. The van der Waals surface area contributed by atoms with Crippen LogP contribution in [0, 0.1) is 0 Å². The molecular weight excluding hydrogens is 336 g/mol. The zero-order valence-corrected chi connectivity index (χ0v) is 16.5. The van der Waals surface area contributed by atoms with E-state index >= 15 is 0 Å². The number of nitrogens with one attached hydrogen (secondary N) is 1. The highest BCUT2D eigenvalue weighted by atomic mass is 16.5. The summed E-state index contributed by atoms with van der Waals surface area (Å²) in [7, 11) is 0. The maximum Gasteiger partial charge on any atom is 0.137 e. The molecule has 0 bridgehead atoms.